The number of carbonyl (C=O) groups excluding carboxylic acids is 1. The van der Waals surface area contributed by atoms with Crippen molar-refractivity contribution in [2.75, 3.05) is 39.2 Å². The summed E-state index contributed by atoms with van der Waals surface area (Å²) in [5, 5.41) is 5.92. The molecule has 0 aliphatic rings. The molecule has 0 aliphatic heterocycles. The maximum Gasteiger partial charge on any atom is 0.238 e. The lowest BCUT2D eigenvalue weighted by Gasteiger charge is -2.12. The summed E-state index contributed by atoms with van der Waals surface area (Å²) in [6.45, 7) is 1.48. The van der Waals surface area contributed by atoms with Gasteiger partial charge >= 0.3 is 0 Å². The molecule has 0 spiro atoms. The molecule has 0 unspecified atom stereocenters. The maximum absolute atomic E-state index is 12.0. The first-order valence-corrected chi connectivity index (χ1v) is 7.93. The number of halogens is 1. The monoisotopic (exact) mass is 364 g/mol. The minimum atomic E-state index is -0.0815. The van der Waals surface area contributed by atoms with Crippen LogP contribution < -0.4 is 15.4 Å². The molecular weight excluding hydrogens is 340 g/mol. The lowest BCUT2D eigenvalue weighted by atomic mass is 10.0. The van der Waals surface area contributed by atoms with Crippen molar-refractivity contribution < 1.29 is 14.3 Å². The molecular formula is C19H25ClN2O3. The topological polar surface area (TPSA) is 59.6 Å². The number of ether oxygens (including phenoxy) is 2. The van der Waals surface area contributed by atoms with Gasteiger partial charge < -0.3 is 20.1 Å². The Labute approximate surface area is 155 Å². The van der Waals surface area contributed by atoms with Crippen molar-refractivity contribution in [1.29, 1.82) is 0 Å². The molecule has 2 aromatic rings. The van der Waals surface area contributed by atoms with E-state index < -0.39 is 0 Å². The zero-order valence-electron chi connectivity index (χ0n) is 14.6. The normalized spacial score (nSPS) is 10.0. The Kier molecular flexibility index (Phi) is 9.62. The average Bonchev–Trinajstić information content (AvgIpc) is 2.60. The predicted octanol–water partition coefficient (Wildman–Crippen LogP) is 2.88. The lowest BCUT2D eigenvalue weighted by Crippen LogP contribution is -2.30. The van der Waals surface area contributed by atoms with E-state index in [1.807, 2.05) is 36.4 Å². The number of methoxy groups -OCH3 is 2. The Balaban J connectivity index is 0.00000312. The highest BCUT2D eigenvalue weighted by Gasteiger charge is 2.08. The predicted molar refractivity (Wildman–Crippen MR) is 103 cm³/mol. The number of rotatable bonds is 9. The molecule has 0 saturated carbocycles. The summed E-state index contributed by atoms with van der Waals surface area (Å²) < 4.78 is 10.4. The fourth-order valence-corrected chi connectivity index (χ4v) is 2.39. The van der Waals surface area contributed by atoms with Crippen molar-refractivity contribution in [3.63, 3.8) is 0 Å². The minimum Gasteiger partial charge on any atom is -0.496 e. The summed E-state index contributed by atoms with van der Waals surface area (Å²) in [6.07, 6.45) is 0.750. The molecule has 0 atom stereocenters. The second-order valence-electron chi connectivity index (χ2n) is 5.41. The van der Waals surface area contributed by atoms with Gasteiger partial charge in [0, 0.05) is 31.3 Å². The Morgan fingerprint density at radius 2 is 1.84 bits per heavy atom. The molecule has 0 aromatic heterocycles. The zero-order chi connectivity index (χ0) is 17.2. The second kappa shape index (κ2) is 11.5. The van der Waals surface area contributed by atoms with Gasteiger partial charge in [-0.1, -0.05) is 30.3 Å². The van der Waals surface area contributed by atoms with E-state index in [4.69, 9.17) is 9.47 Å². The van der Waals surface area contributed by atoms with Gasteiger partial charge in [-0.3, -0.25) is 4.79 Å². The van der Waals surface area contributed by atoms with Crippen LogP contribution in [0.15, 0.2) is 48.5 Å². The molecule has 2 N–H and O–H groups in total. The van der Waals surface area contributed by atoms with E-state index in [9.17, 15) is 4.79 Å². The maximum atomic E-state index is 12.0. The molecule has 0 heterocycles. The Morgan fingerprint density at radius 3 is 2.52 bits per heavy atom. The van der Waals surface area contributed by atoms with Crippen LogP contribution in [0.4, 0.5) is 5.69 Å². The third-order valence-electron chi connectivity index (χ3n) is 3.57. The van der Waals surface area contributed by atoms with Crippen LogP contribution in [0.5, 0.6) is 5.75 Å². The number of amides is 1. The quantitative estimate of drug-likeness (QED) is 0.672. The lowest BCUT2D eigenvalue weighted by molar-refractivity contribution is -0.115. The third kappa shape index (κ3) is 7.13. The van der Waals surface area contributed by atoms with Crippen molar-refractivity contribution in [3.8, 4) is 5.75 Å². The van der Waals surface area contributed by atoms with Crippen LogP contribution in [0.25, 0.3) is 0 Å². The first-order chi connectivity index (χ1) is 11.7. The molecule has 2 aromatic carbocycles. The van der Waals surface area contributed by atoms with E-state index in [0.717, 1.165) is 23.4 Å². The molecule has 2 rings (SSSR count). The van der Waals surface area contributed by atoms with Crippen LogP contribution in [-0.4, -0.2) is 39.8 Å². The van der Waals surface area contributed by atoms with Crippen molar-refractivity contribution in [2.24, 2.45) is 0 Å². The Morgan fingerprint density at radius 1 is 1.08 bits per heavy atom. The van der Waals surface area contributed by atoms with E-state index in [1.54, 1.807) is 14.2 Å². The van der Waals surface area contributed by atoms with Gasteiger partial charge in [0.25, 0.3) is 0 Å². The minimum absolute atomic E-state index is 0. The number of hydrogen-bond donors (Lipinski definition) is 2. The number of hydrogen-bond acceptors (Lipinski definition) is 4. The molecule has 0 aliphatic carbocycles. The van der Waals surface area contributed by atoms with Crippen LogP contribution in [0.2, 0.25) is 0 Å². The van der Waals surface area contributed by atoms with Crippen LogP contribution in [0, 0.1) is 0 Å². The molecule has 5 nitrogen and oxygen atoms in total. The highest BCUT2D eigenvalue weighted by molar-refractivity contribution is 5.92. The van der Waals surface area contributed by atoms with Crippen LogP contribution >= 0.6 is 12.4 Å². The van der Waals surface area contributed by atoms with E-state index >= 15 is 0 Å². The molecule has 0 bridgehead atoms. The second-order valence-corrected chi connectivity index (χ2v) is 5.41. The molecule has 0 radical (unpaired) electrons. The Bertz CT molecular complexity index is 650. The first-order valence-electron chi connectivity index (χ1n) is 7.93. The fourth-order valence-electron chi connectivity index (χ4n) is 2.39. The van der Waals surface area contributed by atoms with Crippen molar-refractivity contribution in [1.82, 2.24) is 5.32 Å². The number of benzene rings is 2. The van der Waals surface area contributed by atoms with Crippen LogP contribution in [0.1, 0.15) is 11.1 Å². The standard InChI is InChI=1S/C19H24N2O3.ClH/c1-23-11-10-20-14-19(22)21-17-8-9-18(24-2)16(13-17)12-15-6-4-3-5-7-15;/h3-9,13,20H,10-12,14H2,1-2H3,(H,21,22);1H. The fraction of sp³-hybridized carbons (Fsp3) is 0.316. The third-order valence-corrected chi connectivity index (χ3v) is 3.57. The number of carbonyl (C=O) groups is 1. The summed E-state index contributed by atoms with van der Waals surface area (Å²) in [7, 11) is 3.29. The molecule has 25 heavy (non-hydrogen) atoms. The van der Waals surface area contributed by atoms with E-state index in [-0.39, 0.29) is 24.9 Å². The highest BCUT2D eigenvalue weighted by Crippen LogP contribution is 2.25. The van der Waals surface area contributed by atoms with E-state index in [2.05, 4.69) is 22.8 Å². The Hall–Kier alpha value is -2.08. The van der Waals surface area contributed by atoms with E-state index in [0.29, 0.717) is 13.2 Å². The molecule has 1 amide bonds. The molecule has 136 valence electrons. The summed E-state index contributed by atoms with van der Waals surface area (Å²) in [6, 6.07) is 15.9. The molecule has 6 heteroatoms. The van der Waals surface area contributed by atoms with Gasteiger partial charge in [0.05, 0.1) is 20.3 Å². The first kappa shape index (κ1) is 21.0. The van der Waals surface area contributed by atoms with Gasteiger partial charge in [-0.25, -0.2) is 0 Å². The SMILES string of the molecule is COCCNCC(=O)Nc1ccc(OC)c(Cc2ccccc2)c1.Cl. The van der Waals surface area contributed by atoms with Gasteiger partial charge in [0.2, 0.25) is 5.91 Å². The summed E-state index contributed by atoms with van der Waals surface area (Å²) >= 11 is 0. The molecule has 0 fully saturated rings. The molecule has 0 saturated heterocycles. The van der Waals surface area contributed by atoms with Crippen molar-refractivity contribution >= 4 is 24.0 Å². The van der Waals surface area contributed by atoms with E-state index in [1.165, 1.54) is 5.56 Å². The summed E-state index contributed by atoms with van der Waals surface area (Å²) in [5.74, 6) is 0.733. The van der Waals surface area contributed by atoms with Gasteiger partial charge in [0.15, 0.2) is 0 Å². The van der Waals surface area contributed by atoms with Crippen LogP contribution in [-0.2, 0) is 16.0 Å². The smallest absolute Gasteiger partial charge is 0.238 e. The van der Waals surface area contributed by atoms with Gasteiger partial charge in [-0.2, -0.15) is 0 Å². The highest BCUT2D eigenvalue weighted by atomic mass is 35.5. The number of anilines is 1. The van der Waals surface area contributed by atoms with Gasteiger partial charge in [-0.15, -0.1) is 12.4 Å². The summed E-state index contributed by atoms with van der Waals surface area (Å²) in [4.78, 5) is 12.0. The summed E-state index contributed by atoms with van der Waals surface area (Å²) in [5.41, 5.74) is 3.00. The van der Waals surface area contributed by atoms with Gasteiger partial charge in [-0.05, 0) is 23.8 Å². The zero-order valence-corrected chi connectivity index (χ0v) is 15.4. The number of nitrogens with one attached hydrogen (secondary N) is 2. The van der Waals surface area contributed by atoms with Crippen molar-refractivity contribution in [3.05, 3.63) is 59.7 Å². The van der Waals surface area contributed by atoms with Crippen LogP contribution in [0.3, 0.4) is 0 Å². The largest absolute Gasteiger partial charge is 0.496 e. The average molecular weight is 365 g/mol. The van der Waals surface area contributed by atoms with Gasteiger partial charge in [0.1, 0.15) is 5.75 Å². The van der Waals surface area contributed by atoms with Crippen molar-refractivity contribution in [2.45, 2.75) is 6.42 Å².